The van der Waals surface area contributed by atoms with E-state index in [0.29, 0.717) is 23.9 Å². The molecule has 0 unspecified atom stereocenters. The van der Waals surface area contributed by atoms with Crippen molar-refractivity contribution in [3.63, 3.8) is 0 Å². The lowest BCUT2D eigenvalue weighted by Crippen LogP contribution is -2.31. The van der Waals surface area contributed by atoms with Gasteiger partial charge in [0.05, 0.1) is 6.54 Å². The van der Waals surface area contributed by atoms with E-state index in [1.165, 1.54) is 0 Å². The number of anilines is 2. The predicted octanol–water partition coefficient (Wildman–Crippen LogP) is 1.90. The van der Waals surface area contributed by atoms with Gasteiger partial charge < -0.3 is 15.7 Å². The van der Waals surface area contributed by atoms with Gasteiger partial charge in [0.1, 0.15) is 24.1 Å². The minimum atomic E-state index is -3.16. The summed E-state index contributed by atoms with van der Waals surface area (Å²) in [5.74, 6) is -1.63. The third kappa shape index (κ3) is 5.34. The number of hydrogen-bond donors (Lipinski definition) is 3. The number of nitrogens with zero attached hydrogens (tertiary/aromatic N) is 2. The van der Waals surface area contributed by atoms with Gasteiger partial charge in [-0.3, -0.25) is 0 Å². The number of halogens is 2. The van der Waals surface area contributed by atoms with Gasteiger partial charge in [-0.2, -0.15) is 0 Å². The summed E-state index contributed by atoms with van der Waals surface area (Å²) in [4.78, 5) is 8.38. The normalized spacial score (nSPS) is 11.4. The van der Waals surface area contributed by atoms with Gasteiger partial charge in [0.2, 0.25) is 0 Å². The van der Waals surface area contributed by atoms with Crippen molar-refractivity contribution in [2.75, 3.05) is 30.3 Å². The average molecular weight is 274 g/mol. The topological polar surface area (TPSA) is 70.1 Å². The maximum absolute atomic E-state index is 13.0. The maximum atomic E-state index is 13.0. The molecule has 7 heteroatoms. The fourth-order valence-corrected chi connectivity index (χ4v) is 1.37. The Hall–Kier alpha value is -1.50. The summed E-state index contributed by atoms with van der Waals surface area (Å²) in [6, 6.07) is 1.59. The molecule has 1 rings (SSSR count). The lowest BCUT2D eigenvalue weighted by Gasteiger charge is -2.15. The first-order chi connectivity index (χ1) is 9.00. The van der Waals surface area contributed by atoms with Gasteiger partial charge in [-0.1, -0.05) is 13.8 Å². The van der Waals surface area contributed by atoms with Gasteiger partial charge in [0.15, 0.2) is 0 Å². The fourth-order valence-electron chi connectivity index (χ4n) is 1.37. The molecular formula is C12H20F2N4O. The van der Waals surface area contributed by atoms with Crippen molar-refractivity contribution in [2.45, 2.75) is 32.6 Å². The van der Waals surface area contributed by atoms with Crippen LogP contribution in [0.5, 0.6) is 0 Å². The zero-order valence-electron chi connectivity index (χ0n) is 11.2. The minimum absolute atomic E-state index is 0.332. The van der Waals surface area contributed by atoms with E-state index < -0.39 is 19.1 Å². The van der Waals surface area contributed by atoms with Gasteiger partial charge in [0.25, 0.3) is 5.92 Å². The van der Waals surface area contributed by atoms with Crippen molar-refractivity contribution in [2.24, 2.45) is 0 Å². The van der Waals surface area contributed by atoms with E-state index >= 15 is 0 Å². The van der Waals surface area contributed by atoms with Crippen molar-refractivity contribution in [3.05, 3.63) is 11.9 Å². The Kier molecular flexibility index (Phi) is 5.88. The number of nitrogens with one attached hydrogen (secondary N) is 2. The molecule has 5 nitrogen and oxygen atoms in total. The molecular weight excluding hydrogens is 254 g/mol. The van der Waals surface area contributed by atoms with E-state index in [2.05, 4.69) is 20.6 Å². The molecule has 1 aromatic heterocycles. The molecule has 19 heavy (non-hydrogen) atoms. The lowest BCUT2D eigenvalue weighted by molar-refractivity contribution is -0.0373. The minimum Gasteiger partial charge on any atom is -0.390 e. The van der Waals surface area contributed by atoms with Crippen molar-refractivity contribution >= 4 is 11.6 Å². The van der Waals surface area contributed by atoms with Crippen LogP contribution in [0, 0.1) is 0 Å². The van der Waals surface area contributed by atoms with Crippen LogP contribution in [0.15, 0.2) is 6.07 Å². The molecule has 0 aliphatic heterocycles. The second kappa shape index (κ2) is 7.18. The number of aliphatic hydroxyl groups excluding tert-OH is 1. The highest BCUT2D eigenvalue weighted by Gasteiger charge is 2.27. The Morgan fingerprint density at radius 3 is 2.37 bits per heavy atom. The summed E-state index contributed by atoms with van der Waals surface area (Å²) in [5, 5.41) is 14.1. The molecule has 0 spiro atoms. The van der Waals surface area contributed by atoms with Crippen molar-refractivity contribution in [1.29, 1.82) is 0 Å². The zero-order valence-corrected chi connectivity index (χ0v) is 11.2. The van der Waals surface area contributed by atoms with Gasteiger partial charge in [-0.15, -0.1) is 0 Å². The number of hydrogen-bond acceptors (Lipinski definition) is 5. The summed E-state index contributed by atoms with van der Waals surface area (Å²) in [7, 11) is 0. The Balaban J connectivity index is 2.76. The van der Waals surface area contributed by atoms with Gasteiger partial charge in [-0.05, 0) is 6.42 Å². The highest BCUT2D eigenvalue weighted by molar-refractivity contribution is 5.47. The van der Waals surface area contributed by atoms with E-state index in [9.17, 15) is 8.78 Å². The summed E-state index contributed by atoms with van der Waals surface area (Å²) >= 11 is 0. The van der Waals surface area contributed by atoms with Gasteiger partial charge in [0, 0.05) is 19.0 Å². The number of aliphatic hydroxyl groups is 1. The highest BCUT2D eigenvalue weighted by Crippen LogP contribution is 2.16. The van der Waals surface area contributed by atoms with E-state index in [0.717, 1.165) is 13.0 Å². The third-order valence-electron chi connectivity index (χ3n) is 2.40. The molecule has 0 fully saturated rings. The Morgan fingerprint density at radius 1 is 1.21 bits per heavy atom. The van der Waals surface area contributed by atoms with Crippen molar-refractivity contribution in [1.82, 2.24) is 9.97 Å². The van der Waals surface area contributed by atoms with Gasteiger partial charge >= 0.3 is 0 Å². The average Bonchev–Trinajstić information content (AvgIpc) is 2.42. The number of alkyl halides is 2. The molecule has 3 N–H and O–H groups in total. The third-order valence-corrected chi connectivity index (χ3v) is 2.40. The SMILES string of the molecule is CCCNc1cc(NCC(F)(F)CO)nc(CC)n1. The molecule has 0 amide bonds. The Morgan fingerprint density at radius 2 is 1.84 bits per heavy atom. The first-order valence-corrected chi connectivity index (χ1v) is 6.35. The second-order valence-corrected chi connectivity index (χ2v) is 4.20. The Labute approximate surface area is 111 Å². The van der Waals surface area contributed by atoms with Crippen LogP contribution >= 0.6 is 0 Å². The summed E-state index contributed by atoms with van der Waals surface area (Å²) in [5.41, 5.74) is 0. The molecule has 108 valence electrons. The van der Waals surface area contributed by atoms with Gasteiger partial charge in [-0.25, -0.2) is 18.7 Å². The monoisotopic (exact) mass is 274 g/mol. The standard InChI is InChI=1S/C12H20F2N4O/c1-3-5-15-10-6-11(18-9(4-2)17-10)16-7-12(13,14)8-19/h6,19H,3-5,7-8H2,1-2H3,(H2,15,16,17,18). The van der Waals surface area contributed by atoms with Crippen LogP contribution < -0.4 is 10.6 Å². The molecule has 1 heterocycles. The lowest BCUT2D eigenvalue weighted by atomic mass is 10.3. The van der Waals surface area contributed by atoms with Crippen LogP contribution in [0.4, 0.5) is 20.4 Å². The largest absolute Gasteiger partial charge is 0.390 e. The fraction of sp³-hybridized carbons (Fsp3) is 0.667. The zero-order chi connectivity index (χ0) is 14.3. The number of aryl methyl sites for hydroxylation is 1. The molecule has 0 bridgehead atoms. The van der Waals surface area contributed by atoms with Crippen LogP contribution in [0.25, 0.3) is 0 Å². The summed E-state index contributed by atoms with van der Waals surface area (Å²) in [6.45, 7) is 2.83. The second-order valence-electron chi connectivity index (χ2n) is 4.20. The molecule has 0 radical (unpaired) electrons. The first kappa shape index (κ1) is 15.6. The smallest absolute Gasteiger partial charge is 0.287 e. The number of aromatic nitrogens is 2. The summed E-state index contributed by atoms with van der Waals surface area (Å²) in [6.07, 6.45) is 1.56. The van der Waals surface area contributed by atoms with E-state index in [-0.39, 0.29) is 0 Å². The van der Waals surface area contributed by atoms with E-state index in [1.807, 2.05) is 13.8 Å². The maximum Gasteiger partial charge on any atom is 0.287 e. The molecule has 0 saturated heterocycles. The van der Waals surface area contributed by atoms with Crippen LogP contribution in [0.1, 0.15) is 26.1 Å². The van der Waals surface area contributed by atoms with Crippen LogP contribution in [-0.2, 0) is 6.42 Å². The molecule has 0 aliphatic carbocycles. The van der Waals surface area contributed by atoms with Crippen molar-refractivity contribution in [3.8, 4) is 0 Å². The Bertz CT molecular complexity index is 401. The molecule has 0 saturated carbocycles. The van der Waals surface area contributed by atoms with Crippen LogP contribution in [0.3, 0.4) is 0 Å². The highest BCUT2D eigenvalue weighted by atomic mass is 19.3. The van der Waals surface area contributed by atoms with E-state index in [1.54, 1.807) is 6.07 Å². The van der Waals surface area contributed by atoms with Crippen LogP contribution in [-0.4, -0.2) is 40.7 Å². The van der Waals surface area contributed by atoms with E-state index in [4.69, 9.17) is 5.11 Å². The summed E-state index contributed by atoms with van der Waals surface area (Å²) < 4.78 is 25.9. The molecule has 0 atom stereocenters. The molecule has 0 aromatic carbocycles. The predicted molar refractivity (Wildman–Crippen MR) is 70.7 cm³/mol. The van der Waals surface area contributed by atoms with Crippen LogP contribution in [0.2, 0.25) is 0 Å². The number of rotatable bonds is 8. The first-order valence-electron chi connectivity index (χ1n) is 6.35. The molecule has 0 aliphatic rings. The van der Waals surface area contributed by atoms with Crippen molar-refractivity contribution < 1.29 is 13.9 Å². The molecule has 1 aromatic rings. The quantitative estimate of drug-likeness (QED) is 0.675.